The second-order valence-corrected chi connectivity index (χ2v) is 6.12. The lowest BCUT2D eigenvalue weighted by Crippen LogP contribution is -2.44. The lowest BCUT2D eigenvalue weighted by atomic mass is 9.84. The molecule has 6 nitrogen and oxygen atoms in total. The first-order valence-electron chi connectivity index (χ1n) is 8.33. The zero-order chi connectivity index (χ0) is 16.7. The van der Waals surface area contributed by atoms with Gasteiger partial charge in [-0.05, 0) is 37.2 Å². The van der Waals surface area contributed by atoms with Crippen LogP contribution in [0.1, 0.15) is 44.6 Å². The summed E-state index contributed by atoms with van der Waals surface area (Å²) >= 11 is 0. The van der Waals surface area contributed by atoms with Crippen molar-refractivity contribution >= 4 is 11.6 Å². The van der Waals surface area contributed by atoms with Gasteiger partial charge in [-0.3, -0.25) is 15.1 Å². The highest BCUT2D eigenvalue weighted by atomic mass is 16.6. The zero-order valence-electron chi connectivity index (χ0n) is 13.9. The summed E-state index contributed by atoms with van der Waals surface area (Å²) in [5.74, 6) is 1.63. The number of hydrogen-bond donors (Lipinski definition) is 2. The van der Waals surface area contributed by atoms with Gasteiger partial charge in [0, 0.05) is 31.8 Å². The molecule has 126 valence electrons. The number of hydrogen-bond acceptors (Lipinski definition) is 3. The van der Waals surface area contributed by atoms with E-state index in [9.17, 15) is 10.1 Å². The van der Waals surface area contributed by atoms with E-state index in [0.29, 0.717) is 12.6 Å². The normalized spacial score (nSPS) is 21.7. The molecule has 0 bridgehead atoms. The molecule has 6 heteroatoms. The highest BCUT2D eigenvalue weighted by Crippen LogP contribution is 2.26. The molecule has 0 amide bonds. The Labute approximate surface area is 137 Å². The van der Waals surface area contributed by atoms with E-state index < -0.39 is 0 Å². The number of aliphatic imine (C=N–C) groups is 1. The molecule has 0 saturated heterocycles. The third-order valence-electron chi connectivity index (χ3n) is 4.57. The molecule has 0 atom stereocenters. The Bertz CT molecular complexity index is 551. The van der Waals surface area contributed by atoms with Gasteiger partial charge in [-0.15, -0.1) is 0 Å². The minimum Gasteiger partial charge on any atom is -0.354 e. The Morgan fingerprint density at radius 3 is 2.70 bits per heavy atom. The Morgan fingerprint density at radius 2 is 2.09 bits per heavy atom. The van der Waals surface area contributed by atoms with Crippen molar-refractivity contribution < 1.29 is 4.92 Å². The van der Waals surface area contributed by atoms with Crippen molar-refractivity contribution in [3.05, 3.63) is 39.9 Å². The highest BCUT2D eigenvalue weighted by molar-refractivity contribution is 5.79. The topological polar surface area (TPSA) is 79.6 Å². The van der Waals surface area contributed by atoms with Crippen LogP contribution < -0.4 is 10.6 Å². The molecule has 2 rings (SSSR count). The first-order chi connectivity index (χ1) is 11.1. The molecule has 0 heterocycles. The summed E-state index contributed by atoms with van der Waals surface area (Å²) in [4.78, 5) is 14.7. The number of rotatable bonds is 5. The van der Waals surface area contributed by atoms with E-state index in [-0.39, 0.29) is 10.6 Å². The molecule has 23 heavy (non-hydrogen) atoms. The van der Waals surface area contributed by atoms with Crippen LogP contribution in [0, 0.1) is 16.0 Å². The Balaban J connectivity index is 1.84. The van der Waals surface area contributed by atoms with Crippen molar-refractivity contribution in [1.82, 2.24) is 10.6 Å². The third-order valence-corrected chi connectivity index (χ3v) is 4.57. The summed E-state index contributed by atoms with van der Waals surface area (Å²) < 4.78 is 0. The van der Waals surface area contributed by atoms with Crippen molar-refractivity contribution in [3.8, 4) is 0 Å². The summed E-state index contributed by atoms with van der Waals surface area (Å²) in [7, 11) is 1.75. The van der Waals surface area contributed by atoms with Gasteiger partial charge in [-0.1, -0.05) is 25.5 Å². The van der Waals surface area contributed by atoms with Gasteiger partial charge >= 0.3 is 0 Å². The standard InChI is InChI=1S/C17H26N4O2/c1-3-13-7-9-15(10-8-13)20-17(18-2)19-12-14-5-4-6-16(11-14)21(22)23/h4-6,11,13,15H,3,7-10,12H2,1-2H3,(H2,18,19,20). The van der Waals surface area contributed by atoms with Gasteiger partial charge in [-0.25, -0.2) is 0 Å². The van der Waals surface area contributed by atoms with Crippen LogP contribution in [-0.4, -0.2) is 24.0 Å². The number of benzene rings is 1. The molecule has 0 aliphatic heterocycles. The van der Waals surface area contributed by atoms with Crippen LogP contribution in [0.4, 0.5) is 5.69 Å². The molecule has 0 radical (unpaired) electrons. The molecule has 1 aliphatic rings. The average Bonchev–Trinajstić information content (AvgIpc) is 2.59. The smallest absolute Gasteiger partial charge is 0.269 e. The van der Waals surface area contributed by atoms with E-state index in [2.05, 4.69) is 22.5 Å². The minimum absolute atomic E-state index is 0.116. The maximum atomic E-state index is 10.8. The van der Waals surface area contributed by atoms with Gasteiger partial charge in [0.15, 0.2) is 5.96 Å². The van der Waals surface area contributed by atoms with Gasteiger partial charge in [0.1, 0.15) is 0 Å². The van der Waals surface area contributed by atoms with Crippen LogP contribution in [0.5, 0.6) is 0 Å². The first-order valence-corrected chi connectivity index (χ1v) is 8.33. The maximum absolute atomic E-state index is 10.8. The van der Waals surface area contributed by atoms with E-state index in [1.165, 1.54) is 38.2 Å². The second kappa shape index (κ2) is 8.50. The monoisotopic (exact) mass is 318 g/mol. The van der Waals surface area contributed by atoms with Crippen LogP contribution in [0.2, 0.25) is 0 Å². The Kier molecular flexibility index (Phi) is 6.38. The van der Waals surface area contributed by atoms with Crippen LogP contribution in [0.15, 0.2) is 29.3 Å². The molecule has 1 aromatic rings. The van der Waals surface area contributed by atoms with Crippen molar-refractivity contribution in [3.63, 3.8) is 0 Å². The molecule has 0 aromatic heterocycles. The van der Waals surface area contributed by atoms with E-state index >= 15 is 0 Å². The molecule has 1 fully saturated rings. The lowest BCUT2D eigenvalue weighted by molar-refractivity contribution is -0.384. The summed E-state index contributed by atoms with van der Waals surface area (Å²) in [5.41, 5.74) is 0.988. The molecular weight excluding hydrogens is 292 g/mol. The summed E-state index contributed by atoms with van der Waals surface area (Å²) in [6.07, 6.45) is 6.17. The van der Waals surface area contributed by atoms with Crippen molar-refractivity contribution in [2.45, 2.75) is 51.6 Å². The van der Waals surface area contributed by atoms with E-state index in [0.717, 1.165) is 17.4 Å². The predicted molar refractivity (Wildman–Crippen MR) is 92.5 cm³/mol. The van der Waals surface area contributed by atoms with Gasteiger partial charge < -0.3 is 10.6 Å². The van der Waals surface area contributed by atoms with Crippen LogP contribution in [0.25, 0.3) is 0 Å². The third kappa shape index (κ3) is 5.23. The lowest BCUT2D eigenvalue weighted by Gasteiger charge is -2.29. The molecular formula is C17H26N4O2. The van der Waals surface area contributed by atoms with Gasteiger partial charge in [0.25, 0.3) is 5.69 Å². The Hall–Kier alpha value is -2.11. The quantitative estimate of drug-likeness (QED) is 0.378. The first kappa shape index (κ1) is 17.2. The second-order valence-electron chi connectivity index (χ2n) is 6.12. The van der Waals surface area contributed by atoms with Crippen LogP contribution in [0.3, 0.4) is 0 Å². The zero-order valence-corrected chi connectivity index (χ0v) is 13.9. The predicted octanol–water partition coefficient (Wildman–Crippen LogP) is 3.23. The number of nitrogens with one attached hydrogen (secondary N) is 2. The van der Waals surface area contributed by atoms with Crippen LogP contribution in [-0.2, 0) is 6.54 Å². The SMILES string of the molecule is CCC1CCC(NC(=NC)NCc2cccc([N+](=O)[O-])c2)CC1. The van der Waals surface area contributed by atoms with Gasteiger partial charge in [0.2, 0.25) is 0 Å². The van der Waals surface area contributed by atoms with E-state index in [4.69, 9.17) is 0 Å². The van der Waals surface area contributed by atoms with Gasteiger partial charge in [0.05, 0.1) is 4.92 Å². The molecule has 1 saturated carbocycles. The van der Waals surface area contributed by atoms with Crippen LogP contribution >= 0.6 is 0 Å². The van der Waals surface area contributed by atoms with Gasteiger partial charge in [-0.2, -0.15) is 0 Å². The molecule has 1 aromatic carbocycles. The van der Waals surface area contributed by atoms with Crippen molar-refractivity contribution in [2.75, 3.05) is 7.05 Å². The number of nitro groups is 1. The fraction of sp³-hybridized carbons (Fsp3) is 0.588. The number of nitro benzene ring substituents is 1. The fourth-order valence-corrected chi connectivity index (χ4v) is 3.07. The molecule has 2 N–H and O–H groups in total. The number of nitrogens with zero attached hydrogens (tertiary/aromatic N) is 2. The average molecular weight is 318 g/mol. The largest absolute Gasteiger partial charge is 0.354 e. The van der Waals surface area contributed by atoms with Crippen molar-refractivity contribution in [2.24, 2.45) is 10.9 Å². The molecule has 1 aliphatic carbocycles. The van der Waals surface area contributed by atoms with Crippen molar-refractivity contribution in [1.29, 1.82) is 0 Å². The molecule has 0 unspecified atom stereocenters. The Morgan fingerprint density at radius 1 is 1.35 bits per heavy atom. The minimum atomic E-state index is -0.372. The molecule has 0 spiro atoms. The summed E-state index contributed by atoms with van der Waals surface area (Å²) in [5, 5.41) is 17.5. The van der Waals surface area contributed by atoms with E-state index in [1.807, 2.05) is 6.07 Å². The fourth-order valence-electron chi connectivity index (χ4n) is 3.07. The number of non-ortho nitro benzene ring substituents is 1. The maximum Gasteiger partial charge on any atom is 0.269 e. The summed E-state index contributed by atoms with van der Waals surface area (Å²) in [6.45, 7) is 2.78. The van der Waals surface area contributed by atoms with E-state index in [1.54, 1.807) is 19.2 Å². The number of guanidine groups is 1. The highest BCUT2D eigenvalue weighted by Gasteiger charge is 2.20. The summed E-state index contributed by atoms with van der Waals surface area (Å²) in [6, 6.07) is 7.14.